The lowest BCUT2D eigenvalue weighted by atomic mass is 9.46. The Bertz CT molecular complexity index is 829. The van der Waals surface area contributed by atoms with Crippen LogP contribution < -0.4 is 0 Å². The van der Waals surface area contributed by atoms with Crippen LogP contribution in [0.25, 0.3) is 0 Å². The molecule has 0 aliphatic heterocycles. The van der Waals surface area contributed by atoms with E-state index in [1.54, 1.807) is 77.0 Å². The summed E-state index contributed by atoms with van der Waals surface area (Å²) >= 11 is 2.19. The molecule has 0 bridgehead atoms. The standard InChI is InChI=1S/C29H46S.C14H30/c1-30-22-14-15-25-21(17-22)16-19-8-3-5-11-24(19)29(25)28-18-20-9-2-4-10-23(20)26-12-6-7-13-27(26)28;1-5-6-7-11-14(4)12-9-8-10-13(2)3/h2,9,19-29H,3-8,10-18H2,1H3;13-14H,5-12H2,1-4H3. The Morgan fingerprint density at radius 2 is 1.27 bits per heavy atom. The van der Waals surface area contributed by atoms with Crippen LogP contribution in [0.5, 0.6) is 0 Å². The van der Waals surface area contributed by atoms with Gasteiger partial charge in [-0.2, -0.15) is 11.8 Å². The summed E-state index contributed by atoms with van der Waals surface area (Å²) in [6, 6.07) is 0. The average Bonchev–Trinajstić information content (AvgIpc) is 3.05. The van der Waals surface area contributed by atoms with Gasteiger partial charge in [0.15, 0.2) is 0 Å². The summed E-state index contributed by atoms with van der Waals surface area (Å²) in [7, 11) is 0. The average molecular weight is 625 g/mol. The van der Waals surface area contributed by atoms with E-state index in [1.165, 1.54) is 70.6 Å². The van der Waals surface area contributed by atoms with E-state index < -0.39 is 0 Å². The minimum absolute atomic E-state index is 0.894. The fraction of sp³-hybridized carbons (Fsp3) is 0.953. The van der Waals surface area contributed by atoms with Gasteiger partial charge in [0.2, 0.25) is 0 Å². The summed E-state index contributed by atoms with van der Waals surface area (Å²) in [5.41, 5.74) is 0. The molecule has 12 unspecified atom stereocenters. The molecule has 6 aliphatic rings. The molecule has 5 fully saturated rings. The van der Waals surface area contributed by atoms with E-state index in [-0.39, 0.29) is 0 Å². The van der Waals surface area contributed by atoms with Crippen LogP contribution in [0, 0.1) is 71.0 Å². The van der Waals surface area contributed by atoms with E-state index >= 15 is 0 Å². The molecule has 1 heteroatoms. The monoisotopic (exact) mass is 625 g/mol. The van der Waals surface area contributed by atoms with Crippen LogP contribution in [0.2, 0.25) is 0 Å². The molecule has 44 heavy (non-hydrogen) atoms. The molecular formula is C43H76S. The number of thioether (sulfide) groups is 1. The lowest BCUT2D eigenvalue weighted by Crippen LogP contribution is -2.53. The van der Waals surface area contributed by atoms with Crippen molar-refractivity contribution in [3.8, 4) is 0 Å². The Morgan fingerprint density at radius 3 is 2.00 bits per heavy atom. The van der Waals surface area contributed by atoms with E-state index in [0.29, 0.717) is 0 Å². The summed E-state index contributed by atoms with van der Waals surface area (Å²) < 4.78 is 0. The van der Waals surface area contributed by atoms with E-state index in [9.17, 15) is 0 Å². The number of allylic oxidation sites excluding steroid dienone is 2. The lowest BCUT2D eigenvalue weighted by molar-refractivity contribution is -0.0977. The summed E-state index contributed by atoms with van der Waals surface area (Å²) in [4.78, 5) is 0. The van der Waals surface area contributed by atoms with Crippen molar-refractivity contribution in [2.24, 2.45) is 71.0 Å². The first kappa shape index (κ1) is 35.4. The van der Waals surface area contributed by atoms with Gasteiger partial charge in [-0.3, -0.25) is 0 Å². The predicted octanol–water partition coefficient (Wildman–Crippen LogP) is 13.8. The molecule has 254 valence electrons. The molecule has 5 saturated carbocycles. The van der Waals surface area contributed by atoms with E-state index in [0.717, 1.165) is 76.3 Å². The van der Waals surface area contributed by atoms with Gasteiger partial charge in [0.1, 0.15) is 0 Å². The van der Waals surface area contributed by atoms with Crippen LogP contribution in [0.1, 0.15) is 175 Å². The Hall–Kier alpha value is 0.0900. The van der Waals surface area contributed by atoms with Gasteiger partial charge in [0.25, 0.3) is 0 Å². The van der Waals surface area contributed by atoms with Crippen LogP contribution >= 0.6 is 11.8 Å². The van der Waals surface area contributed by atoms with Gasteiger partial charge < -0.3 is 0 Å². The van der Waals surface area contributed by atoms with Crippen molar-refractivity contribution in [1.29, 1.82) is 0 Å². The molecule has 0 nitrogen and oxygen atoms in total. The first-order chi connectivity index (χ1) is 21.5. The second-order valence-corrected chi connectivity index (χ2v) is 18.9. The maximum atomic E-state index is 2.72. The van der Waals surface area contributed by atoms with Gasteiger partial charge in [-0.15, -0.1) is 0 Å². The molecule has 6 rings (SSSR count). The SMILES string of the molecule is CCCCCC(C)CCCCC(C)C.CSC1CCC2C(C1)CC1CCCCC1C2C1CC2C=CCCC2C2CCCCC21. The molecule has 0 spiro atoms. The highest BCUT2D eigenvalue weighted by atomic mass is 32.2. The van der Waals surface area contributed by atoms with E-state index in [2.05, 4.69) is 57.9 Å². The second-order valence-electron chi connectivity index (χ2n) is 17.7. The minimum atomic E-state index is 0.894. The van der Waals surface area contributed by atoms with Crippen molar-refractivity contribution in [3.05, 3.63) is 12.2 Å². The molecule has 0 aromatic rings. The molecule has 0 N–H and O–H groups in total. The van der Waals surface area contributed by atoms with Crippen LogP contribution in [-0.4, -0.2) is 11.5 Å². The Labute approximate surface area is 280 Å². The summed E-state index contributed by atoms with van der Waals surface area (Å²) in [6.45, 7) is 9.35. The first-order valence-corrected chi connectivity index (χ1v) is 22.0. The van der Waals surface area contributed by atoms with Crippen LogP contribution in [0.4, 0.5) is 0 Å². The molecule has 0 radical (unpaired) electrons. The second kappa shape index (κ2) is 18.0. The normalized spacial score (nSPS) is 40.5. The molecule has 6 aliphatic carbocycles. The van der Waals surface area contributed by atoms with Gasteiger partial charge >= 0.3 is 0 Å². The van der Waals surface area contributed by atoms with Crippen molar-refractivity contribution < 1.29 is 0 Å². The van der Waals surface area contributed by atoms with Crippen LogP contribution in [0.3, 0.4) is 0 Å². The Balaban J connectivity index is 0.000000235. The largest absolute Gasteiger partial charge is 0.162 e. The third kappa shape index (κ3) is 9.16. The number of fused-ring (bicyclic) bond motifs is 5. The zero-order valence-electron chi connectivity index (χ0n) is 30.3. The first-order valence-electron chi connectivity index (χ1n) is 20.7. The highest BCUT2D eigenvalue weighted by Gasteiger charge is 2.54. The zero-order chi connectivity index (χ0) is 30.9. The molecule has 12 atom stereocenters. The number of hydrogen-bond acceptors (Lipinski definition) is 1. The third-order valence-electron chi connectivity index (χ3n) is 14.5. The fourth-order valence-corrected chi connectivity index (χ4v) is 13.2. The van der Waals surface area contributed by atoms with Crippen molar-refractivity contribution in [2.75, 3.05) is 6.26 Å². The van der Waals surface area contributed by atoms with Crippen LogP contribution in [-0.2, 0) is 0 Å². The highest BCUT2D eigenvalue weighted by molar-refractivity contribution is 7.99. The summed E-state index contributed by atoms with van der Waals surface area (Å²) in [5, 5.41) is 0.978. The molecule has 0 aromatic carbocycles. The van der Waals surface area contributed by atoms with Gasteiger partial charge in [0.05, 0.1) is 0 Å². The summed E-state index contributed by atoms with van der Waals surface area (Å²) in [5.74, 6) is 12.7. The van der Waals surface area contributed by atoms with Crippen molar-refractivity contribution in [3.63, 3.8) is 0 Å². The molecule has 0 saturated heterocycles. The predicted molar refractivity (Wildman–Crippen MR) is 197 cm³/mol. The van der Waals surface area contributed by atoms with E-state index in [1.807, 2.05) is 0 Å². The summed E-state index contributed by atoms with van der Waals surface area (Å²) in [6.07, 6.45) is 42.5. The van der Waals surface area contributed by atoms with Gasteiger partial charge in [-0.05, 0) is 141 Å². The quantitative estimate of drug-likeness (QED) is 0.163. The van der Waals surface area contributed by atoms with Gasteiger partial charge in [-0.25, -0.2) is 0 Å². The van der Waals surface area contributed by atoms with Crippen LogP contribution in [0.15, 0.2) is 12.2 Å². The topological polar surface area (TPSA) is 0 Å². The zero-order valence-corrected chi connectivity index (χ0v) is 31.1. The highest BCUT2D eigenvalue weighted by Crippen LogP contribution is 2.62. The smallest absolute Gasteiger partial charge is 0.00471 e. The Kier molecular flexibility index (Phi) is 14.5. The third-order valence-corrected chi connectivity index (χ3v) is 15.6. The number of rotatable bonds is 11. The van der Waals surface area contributed by atoms with Gasteiger partial charge in [-0.1, -0.05) is 123 Å². The van der Waals surface area contributed by atoms with Gasteiger partial charge in [0, 0.05) is 5.25 Å². The number of unbranched alkanes of at least 4 members (excludes halogenated alkanes) is 3. The lowest BCUT2D eigenvalue weighted by Gasteiger charge is -2.60. The molecule has 0 aromatic heterocycles. The molecule has 0 heterocycles. The Morgan fingerprint density at radius 1 is 0.614 bits per heavy atom. The van der Waals surface area contributed by atoms with E-state index in [4.69, 9.17) is 0 Å². The van der Waals surface area contributed by atoms with Crippen molar-refractivity contribution in [1.82, 2.24) is 0 Å². The number of hydrogen-bond donors (Lipinski definition) is 0. The van der Waals surface area contributed by atoms with Crippen molar-refractivity contribution >= 4 is 11.8 Å². The molecule has 0 amide bonds. The maximum absolute atomic E-state index is 2.72. The fourth-order valence-electron chi connectivity index (χ4n) is 12.4. The minimum Gasteiger partial charge on any atom is -0.162 e. The van der Waals surface area contributed by atoms with Crippen molar-refractivity contribution in [2.45, 2.75) is 181 Å². The molecular weight excluding hydrogens is 549 g/mol. The maximum Gasteiger partial charge on any atom is 0.00471 e.